The lowest BCUT2D eigenvalue weighted by atomic mass is 9.76. The molecule has 0 spiro atoms. The summed E-state index contributed by atoms with van der Waals surface area (Å²) in [7, 11) is 0. The lowest BCUT2D eigenvalue weighted by Crippen LogP contribution is -2.47. The Balaban J connectivity index is 1.98. The minimum absolute atomic E-state index is 0.222. The number of para-hydroxylation sites is 2. The maximum Gasteiger partial charge on any atom is 0.334 e. The second-order valence-electron chi connectivity index (χ2n) is 6.62. The number of rotatable bonds is 3. The van der Waals surface area contributed by atoms with Gasteiger partial charge in [-0.15, -0.1) is 0 Å². The summed E-state index contributed by atoms with van der Waals surface area (Å²) in [4.78, 5) is 12.6. The van der Waals surface area contributed by atoms with Gasteiger partial charge in [0.1, 0.15) is 6.10 Å². The molecule has 4 heteroatoms. The Bertz CT molecular complexity index is 791. The monoisotopic (exact) mass is 335 g/mol. The summed E-state index contributed by atoms with van der Waals surface area (Å²) in [5.41, 5.74) is 3.14. The van der Waals surface area contributed by atoms with Gasteiger partial charge < -0.3 is 14.8 Å². The van der Waals surface area contributed by atoms with E-state index < -0.39 is 11.6 Å². The first-order valence-corrected chi connectivity index (χ1v) is 8.59. The second kappa shape index (κ2) is 6.05. The first-order chi connectivity index (χ1) is 12.1. The number of carbonyl (C=O) groups is 1. The molecule has 1 saturated heterocycles. The number of ether oxygens (including phenoxy) is 2. The van der Waals surface area contributed by atoms with Crippen LogP contribution in [0.4, 0.5) is 11.4 Å². The predicted octanol–water partition coefficient (Wildman–Crippen LogP) is 4.29. The van der Waals surface area contributed by atoms with Crippen LogP contribution < -0.4 is 5.32 Å². The molecular formula is C21H21NO3. The van der Waals surface area contributed by atoms with Gasteiger partial charge in [0, 0.05) is 34.7 Å². The SMILES string of the molecule is C=C(C)C(=O)OC1(C2CCCO2)c2ccccc2Nc2ccccc21. The van der Waals surface area contributed by atoms with Crippen LogP contribution >= 0.6 is 0 Å². The highest BCUT2D eigenvalue weighted by Crippen LogP contribution is 2.51. The van der Waals surface area contributed by atoms with E-state index in [9.17, 15) is 4.79 Å². The minimum atomic E-state index is -0.967. The maximum atomic E-state index is 12.6. The van der Waals surface area contributed by atoms with E-state index in [2.05, 4.69) is 11.9 Å². The standard InChI is InChI=1S/C21H21NO3/c1-14(2)20(23)25-21(19-12-7-13-24-19)15-8-3-5-10-17(15)22-18-11-6-4-9-16(18)21/h3-6,8-11,19,22H,1,7,12-13H2,2H3. The van der Waals surface area contributed by atoms with E-state index in [4.69, 9.17) is 9.47 Å². The van der Waals surface area contributed by atoms with Gasteiger partial charge in [-0.25, -0.2) is 4.79 Å². The van der Waals surface area contributed by atoms with Crippen LogP contribution in [0.1, 0.15) is 30.9 Å². The highest BCUT2D eigenvalue weighted by molar-refractivity contribution is 5.89. The fourth-order valence-electron chi connectivity index (χ4n) is 3.78. The number of anilines is 2. The van der Waals surface area contributed by atoms with Crippen LogP contribution in [0.3, 0.4) is 0 Å². The highest BCUT2D eigenvalue weighted by atomic mass is 16.6. The third kappa shape index (κ3) is 2.45. The summed E-state index contributed by atoms with van der Waals surface area (Å²) in [6.45, 7) is 6.11. The lowest BCUT2D eigenvalue weighted by molar-refractivity contribution is -0.164. The maximum absolute atomic E-state index is 12.6. The smallest absolute Gasteiger partial charge is 0.334 e. The van der Waals surface area contributed by atoms with E-state index in [0.29, 0.717) is 12.2 Å². The number of carbonyl (C=O) groups excluding carboxylic acids is 1. The molecule has 0 amide bonds. The predicted molar refractivity (Wildman–Crippen MR) is 96.8 cm³/mol. The fourth-order valence-corrected chi connectivity index (χ4v) is 3.78. The molecule has 4 rings (SSSR count). The summed E-state index contributed by atoms with van der Waals surface area (Å²) >= 11 is 0. The van der Waals surface area contributed by atoms with Gasteiger partial charge in [-0.1, -0.05) is 43.0 Å². The van der Waals surface area contributed by atoms with Crippen molar-refractivity contribution in [1.29, 1.82) is 0 Å². The van der Waals surface area contributed by atoms with Crippen molar-refractivity contribution in [3.05, 3.63) is 71.8 Å². The van der Waals surface area contributed by atoms with Gasteiger partial charge in [-0.2, -0.15) is 0 Å². The molecule has 0 aromatic heterocycles. The van der Waals surface area contributed by atoms with Gasteiger partial charge in [-0.05, 0) is 31.9 Å². The van der Waals surface area contributed by atoms with Crippen molar-refractivity contribution < 1.29 is 14.3 Å². The molecular weight excluding hydrogens is 314 g/mol. The number of nitrogens with one attached hydrogen (secondary N) is 1. The van der Waals surface area contributed by atoms with Crippen LogP contribution in [-0.4, -0.2) is 18.7 Å². The molecule has 1 unspecified atom stereocenters. The van der Waals surface area contributed by atoms with Gasteiger partial charge in [0.2, 0.25) is 0 Å². The summed E-state index contributed by atoms with van der Waals surface area (Å²) in [5, 5.41) is 3.45. The molecule has 2 aromatic rings. The van der Waals surface area contributed by atoms with Crippen molar-refractivity contribution in [1.82, 2.24) is 0 Å². The molecule has 2 aliphatic rings. The Hall–Kier alpha value is -2.59. The van der Waals surface area contributed by atoms with E-state index in [-0.39, 0.29) is 6.10 Å². The average Bonchev–Trinajstić information content (AvgIpc) is 3.16. The Morgan fingerprint density at radius 1 is 1.16 bits per heavy atom. The molecule has 1 atom stereocenters. The molecule has 0 saturated carbocycles. The van der Waals surface area contributed by atoms with Crippen LogP contribution in [0.5, 0.6) is 0 Å². The molecule has 0 aliphatic carbocycles. The molecule has 2 heterocycles. The Morgan fingerprint density at radius 2 is 1.76 bits per heavy atom. The van der Waals surface area contributed by atoms with Gasteiger partial charge in [0.25, 0.3) is 0 Å². The Labute approximate surface area is 147 Å². The molecule has 2 aromatic carbocycles. The van der Waals surface area contributed by atoms with Crippen LogP contribution in [0.2, 0.25) is 0 Å². The Morgan fingerprint density at radius 3 is 2.28 bits per heavy atom. The second-order valence-corrected chi connectivity index (χ2v) is 6.62. The number of hydrogen-bond acceptors (Lipinski definition) is 4. The summed E-state index contributed by atoms with van der Waals surface area (Å²) < 4.78 is 12.2. The third-order valence-corrected chi connectivity index (χ3v) is 4.91. The number of fused-ring (bicyclic) bond motifs is 2. The minimum Gasteiger partial charge on any atom is -0.443 e. The van der Waals surface area contributed by atoms with Crippen molar-refractivity contribution in [3.63, 3.8) is 0 Å². The number of benzene rings is 2. The fraction of sp³-hybridized carbons (Fsp3) is 0.286. The van der Waals surface area contributed by atoms with Gasteiger partial charge in [0.15, 0.2) is 5.60 Å². The molecule has 0 bridgehead atoms. The van der Waals surface area contributed by atoms with Crippen molar-refractivity contribution in [3.8, 4) is 0 Å². The van der Waals surface area contributed by atoms with Crippen molar-refractivity contribution in [2.24, 2.45) is 0 Å². The quantitative estimate of drug-likeness (QED) is 0.671. The van der Waals surface area contributed by atoms with Gasteiger partial charge in [-0.3, -0.25) is 0 Å². The van der Waals surface area contributed by atoms with Gasteiger partial charge >= 0.3 is 5.97 Å². The largest absolute Gasteiger partial charge is 0.443 e. The summed E-state index contributed by atoms with van der Waals surface area (Å²) in [6.07, 6.45) is 1.57. The van der Waals surface area contributed by atoms with Crippen molar-refractivity contribution in [2.75, 3.05) is 11.9 Å². The normalized spacial score (nSPS) is 20.1. The molecule has 0 radical (unpaired) electrons. The van der Waals surface area contributed by atoms with Crippen molar-refractivity contribution >= 4 is 17.3 Å². The zero-order valence-electron chi connectivity index (χ0n) is 14.2. The molecule has 1 N–H and O–H groups in total. The van der Waals surface area contributed by atoms with Crippen LogP contribution in [0, 0.1) is 0 Å². The zero-order valence-corrected chi connectivity index (χ0v) is 14.2. The topological polar surface area (TPSA) is 47.6 Å². The van der Waals surface area contributed by atoms with E-state index in [1.807, 2.05) is 48.5 Å². The molecule has 2 aliphatic heterocycles. The number of hydrogen-bond donors (Lipinski definition) is 1. The molecule has 4 nitrogen and oxygen atoms in total. The Kier molecular flexibility index (Phi) is 3.85. The summed E-state index contributed by atoms with van der Waals surface area (Å²) in [5.74, 6) is -0.401. The molecule has 128 valence electrons. The first-order valence-electron chi connectivity index (χ1n) is 8.59. The third-order valence-electron chi connectivity index (χ3n) is 4.91. The van der Waals surface area contributed by atoms with Crippen LogP contribution in [0.25, 0.3) is 0 Å². The zero-order chi connectivity index (χ0) is 17.4. The van der Waals surface area contributed by atoms with Crippen molar-refractivity contribution in [2.45, 2.75) is 31.5 Å². The van der Waals surface area contributed by atoms with E-state index in [0.717, 1.165) is 35.3 Å². The van der Waals surface area contributed by atoms with E-state index in [1.165, 1.54) is 0 Å². The first kappa shape index (κ1) is 15.9. The lowest BCUT2D eigenvalue weighted by Gasteiger charge is -2.43. The van der Waals surface area contributed by atoms with Crippen LogP contribution in [-0.2, 0) is 19.9 Å². The van der Waals surface area contributed by atoms with E-state index in [1.54, 1.807) is 6.92 Å². The van der Waals surface area contributed by atoms with E-state index >= 15 is 0 Å². The average molecular weight is 335 g/mol. The molecule has 25 heavy (non-hydrogen) atoms. The number of esters is 1. The summed E-state index contributed by atoms with van der Waals surface area (Å²) in [6, 6.07) is 15.9. The van der Waals surface area contributed by atoms with Gasteiger partial charge in [0.05, 0.1) is 0 Å². The highest BCUT2D eigenvalue weighted by Gasteiger charge is 2.52. The molecule has 1 fully saturated rings. The van der Waals surface area contributed by atoms with Crippen LogP contribution in [0.15, 0.2) is 60.7 Å².